The average Bonchev–Trinajstić information content (AvgIpc) is 0.811. The number of rotatable bonds is 0. The van der Waals surface area contributed by atoms with Crippen molar-refractivity contribution in [2.24, 2.45) is 0 Å². The van der Waals surface area contributed by atoms with Gasteiger partial charge in [-0.15, -0.1) is 0 Å². The fourth-order valence-electron chi connectivity index (χ4n) is 0. The Morgan fingerprint density at radius 2 is 1.25 bits per heavy atom. The number of hydrogen-bond donors (Lipinski definition) is 0. The van der Waals surface area contributed by atoms with Crippen molar-refractivity contribution >= 4 is 29.2 Å². The fourth-order valence-corrected chi connectivity index (χ4v) is 0. The fraction of sp³-hybridized carbons (Fsp3) is 0. The third-order valence-corrected chi connectivity index (χ3v) is 0. The molecule has 1 N–H and O–H groups in total. The Bertz CT molecular complexity index is 39.0. The van der Waals surface area contributed by atoms with Crippen molar-refractivity contribution in [3.8, 4) is 0 Å². The third kappa shape index (κ3) is 353. The summed E-state index contributed by atoms with van der Waals surface area (Å²) in [5, 5.41) is 16.7. The van der Waals surface area contributed by atoms with Gasteiger partial charge in [-0.05, 0) is 6.16 Å². The Labute approximate surface area is 79.0 Å². The second kappa shape index (κ2) is 25.0. The molecular weight excluding hydrogens is 192 g/mol. The third-order valence-electron chi connectivity index (χ3n) is 0. The van der Waals surface area contributed by atoms with Crippen molar-refractivity contribution in [2.45, 2.75) is 0 Å². The molecule has 0 saturated heterocycles. The minimum atomic E-state index is -2.33. The molecule has 46 valence electrons. The number of halogens is 1. The van der Waals surface area contributed by atoms with E-state index >= 15 is 0 Å². The van der Waals surface area contributed by atoms with Gasteiger partial charge in [0, 0.05) is 0 Å². The van der Waals surface area contributed by atoms with Crippen LogP contribution in [0.1, 0.15) is 0 Å². The molecule has 0 radical (unpaired) electrons. The normalized spacial score (nSPS) is 3.00. The van der Waals surface area contributed by atoms with E-state index in [1.54, 1.807) is 0 Å². The molecule has 0 aliphatic rings. The predicted octanol–water partition coefficient (Wildman–Crippen LogP) is -6.00. The van der Waals surface area contributed by atoms with Crippen molar-refractivity contribution in [3.63, 3.8) is 0 Å². The van der Waals surface area contributed by atoms with E-state index in [-0.39, 0.29) is 58.0 Å². The van der Waals surface area contributed by atoms with Crippen LogP contribution in [0.2, 0.25) is 0 Å². The standard InChI is InChI=1S/CH2O3.ClH.Fe.Mg.H2O/c2-1(3)4;;;;/h(H2,2,3,4);1H;;;1H2/q;;2*+2;/p-4. The van der Waals surface area contributed by atoms with Crippen molar-refractivity contribution in [1.82, 2.24) is 0 Å². The Kier molecular flexibility index (Phi) is 116. The first kappa shape index (κ1) is 37.0. The minimum absolute atomic E-state index is 0. The van der Waals surface area contributed by atoms with Crippen molar-refractivity contribution in [1.29, 1.82) is 0 Å². The SMILES string of the molecule is O=C([O-])[O-].[Cl-].[Fe+2].[Mg+2].[OH-]. The first-order valence-corrected chi connectivity index (χ1v) is 0.612. The maximum Gasteiger partial charge on any atom is 2.00 e. The maximum atomic E-state index is 8.33. The Morgan fingerprint density at radius 1 is 1.25 bits per heavy atom. The van der Waals surface area contributed by atoms with E-state index in [4.69, 9.17) is 15.0 Å². The van der Waals surface area contributed by atoms with Crippen molar-refractivity contribution in [2.75, 3.05) is 0 Å². The quantitative estimate of drug-likeness (QED) is 0.357. The Balaban J connectivity index is -0.00000000750. The number of hydrogen-bond acceptors (Lipinski definition) is 4. The number of carbonyl (C=O) groups excluding carboxylic acids is 1. The Morgan fingerprint density at radius 3 is 1.25 bits per heavy atom. The summed E-state index contributed by atoms with van der Waals surface area (Å²) >= 11 is 0. The van der Waals surface area contributed by atoms with Crippen LogP contribution in [0.5, 0.6) is 0 Å². The van der Waals surface area contributed by atoms with Gasteiger partial charge < -0.3 is 32.9 Å². The molecule has 8 heavy (non-hydrogen) atoms. The zero-order chi connectivity index (χ0) is 3.58. The van der Waals surface area contributed by atoms with Crippen LogP contribution in [-0.2, 0) is 17.1 Å². The van der Waals surface area contributed by atoms with Gasteiger partial charge in [-0.2, -0.15) is 0 Å². The van der Waals surface area contributed by atoms with E-state index in [1.807, 2.05) is 0 Å². The maximum absolute atomic E-state index is 8.33. The number of carboxylic acid groups (broad SMARTS) is 2. The summed E-state index contributed by atoms with van der Waals surface area (Å²) in [6.07, 6.45) is -2.33. The molecule has 0 aliphatic heterocycles. The van der Waals surface area contributed by atoms with Gasteiger partial charge in [0.15, 0.2) is 0 Å². The molecule has 0 aliphatic carbocycles. The van der Waals surface area contributed by atoms with Crippen LogP contribution in [-0.4, -0.2) is 34.7 Å². The molecule has 0 saturated carbocycles. The zero-order valence-corrected chi connectivity index (χ0v) is 6.88. The van der Waals surface area contributed by atoms with Gasteiger partial charge in [0.2, 0.25) is 0 Å². The van der Waals surface area contributed by atoms with Gasteiger partial charge in [-0.25, -0.2) is 0 Å². The molecule has 0 bridgehead atoms. The molecule has 0 fully saturated rings. The number of carbonyl (C=O) groups is 1. The molecule has 0 aromatic rings. The van der Waals surface area contributed by atoms with Gasteiger partial charge in [-0.1, -0.05) is 0 Å². The summed E-state index contributed by atoms with van der Waals surface area (Å²) in [5.74, 6) is 0. The molecule has 0 aromatic heterocycles. The molecule has 0 rings (SSSR count). The molecule has 0 atom stereocenters. The Hall–Kier alpha value is 0.806. The van der Waals surface area contributed by atoms with Gasteiger partial charge >= 0.3 is 40.1 Å². The molecule has 7 heteroatoms. The van der Waals surface area contributed by atoms with E-state index in [0.717, 1.165) is 0 Å². The smallest absolute Gasteiger partial charge is 1.00 e. The molecule has 0 aromatic carbocycles. The molecule has 0 spiro atoms. The van der Waals surface area contributed by atoms with Gasteiger partial charge in [0.1, 0.15) is 0 Å². The van der Waals surface area contributed by atoms with Crippen LogP contribution >= 0.6 is 0 Å². The van der Waals surface area contributed by atoms with Crippen molar-refractivity contribution < 1.29 is 50.0 Å². The van der Waals surface area contributed by atoms with E-state index in [9.17, 15) is 0 Å². The monoisotopic (exact) mass is 192 g/mol. The molecule has 0 heterocycles. The summed E-state index contributed by atoms with van der Waals surface area (Å²) in [6, 6.07) is 0. The molecular formula is CHClFeMgO4. The summed E-state index contributed by atoms with van der Waals surface area (Å²) in [5.41, 5.74) is 0. The summed E-state index contributed by atoms with van der Waals surface area (Å²) in [7, 11) is 0. The van der Waals surface area contributed by atoms with Crippen LogP contribution in [0, 0.1) is 0 Å². The predicted molar refractivity (Wildman–Crippen MR) is 13.1 cm³/mol. The van der Waals surface area contributed by atoms with Crippen LogP contribution in [0.15, 0.2) is 0 Å². The molecule has 4 nitrogen and oxygen atoms in total. The van der Waals surface area contributed by atoms with Gasteiger partial charge in [0.25, 0.3) is 0 Å². The van der Waals surface area contributed by atoms with E-state index in [1.165, 1.54) is 0 Å². The largest absolute Gasteiger partial charge is 2.00 e. The van der Waals surface area contributed by atoms with Gasteiger partial charge in [-0.3, -0.25) is 0 Å². The van der Waals surface area contributed by atoms with Crippen LogP contribution in [0.25, 0.3) is 0 Å². The van der Waals surface area contributed by atoms with Crippen LogP contribution in [0.3, 0.4) is 0 Å². The van der Waals surface area contributed by atoms with E-state index in [0.29, 0.717) is 0 Å². The van der Waals surface area contributed by atoms with Gasteiger partial charge in [0.05, 0.1) is 0 Å². The molecule has 0 unspecified atom stereocenters. The second-order valence-electron chi connectivity index (χ2n) is 0.250. The summed E-state index contributed by atoms with van der Waals surface area (Å²) in [6.45, 7) is 0. The second-order valence-corrected chi connectivity index (χ2v) is 0.250. The summed E-state index contributed by atoms with van der Waals surface area (Å²) in [4.78, 5) is 8.33. The summed E-state index contributed by atoms with van der Waals surface area (Å²) < 4.78 is 0. The first-order chi connectivity index (χ1) is 1.73. The first-order valence-electron chi connectivity index (χ1n) is 0.612. The topological polar surface area (TPSA) is 93.2 Å². The van der Waals surface area contributed by atoms with E-state index < -0.39 is 6.16 Å². The molecule has 0 amide bonds. The average molecular weight is 193 g/mol. The van der Waals surface area contributed by atoms with Crippen LogP contribution < -0.4 is 22.6 Å². The zero-order valence-electron chi connectivity index (χ0n) is 3.61. The minimum Gasteiger partial charge on any atom is -1.00 e. The van der Waals surface area contributed by atoms with E-state index in [2.05, 4.69) is 0 Å². The van der Waals surface area contributed by atoms with Crippen LogP contribution in [0.4, 0.5) is 4.79 Å². The van der Waals surface area contributed by atoms with Crippen molar-refractivity contribution in [3.05, 3.63) is 0 Å².